The molecule has 2 aromatic heterocycles. The number of anilines is 1. The van der Waals surface area contributed by atoms with Gasteiger partial charge in [0.15, 0.2) is 0 Å². The summed E-state index contributed by atoms with van der Waals surface area (Å²) >= 11 is 0. The van der Waals surface area contributed by atoms with Gasteiger partial charge >= 0.3 is 0 Å². The number of nitrogens with one attached hydrogen (secondary N) is 1. The summed E-state index contributed by atoms with van der Waals surface area (Å²) in [7, 11) is 1.76. The molecule has 1 atom stereocenters. The Bertz CT molecular complexity index is 812. The van der Waals surface area contributed by atoms with Crippen molar-refractivity contribution in [1.29, 1.82) is 0 Å². The molecule has 2 aliphatic rings. The quantitative estimate of drug-likeness (QED) is 0.840. The molecule has 0 saturated carbocycles. The highest BCUT2D eigenvalue weighted by molar-refractivity contribution is 5.92. The fourth-order valence-electron chi connectivity index (χ4n) is 3.98. The lowest BCUT2D eigenvalue weighted by atomic mass is 9.92. The SMILES string of the molecule is Cn1nccc1C(=O)N[C@H]1CCCc2nc(N3CCC(CO)CC3)ncc21. The first kappa shape index (κ1) is 17.9. The van der Waals surface area contributed by atoms with E-state index in [-0.39, 0.29) is 18.6 Å². The number of aliphatic hydroxyl groups excluding tert-OH is 1. The minimum atomic E-state index is -0.122. The van der Waals surface area contributed by atoms with E-state index in [0.717, 1.165) is 62.4 Å². The summed E-state index contributed by atoms with van der Waals surface area (Å²) in [6.07, 6.45) is 8.24. The average Bonchev–Trinajstić information content (AvgIpc) is 3.14. The number of piperidine rings is 1. The summed E-state index contributed by atoms with van der Waals surface area (Å²) in [5, 5.41) is 16.5. The summed E-state index contributed by atoms with van der Waals surface area (Å²) in [6, 6.07) is 1.65. The first-order chi connectivity index (χ1) is 13.2. The molecule has 0 aromatic carbocycles. The lowest BCUT2D eigenvalue weighted by Gasteiger charge is -2.32. The van der Waals surface area contributed by atoms with E-state index in [1.165, 1.54) is 0 Å². The Morgan fingerprint density at radius 1 is 1.33 bits per heavy atom. The minimum Gasteiger partial charge on any atom is -0.396 e. The predicted molar refractivity (Wildman–Crippen MR) is 100 cm³/mol. The van der Waals surface area contributed by atoms with E-state index in [1.54, 1.807) is 24.0 Å². The van der Waals surface area contributed by atoms with Gasteiger partial charge in [0.2, 0.25) is 5.95 Å². The van der Waals surface area contributed by atoms with Gasteiger partial charge in [0, 0.05) is 44.7 Å². The second-order valence-electron chi connectivity index (χ2n) is 7.44. The van der Waals surface area contributed by atoms with Gasteiger partial charge in [-0.15, -0.1) is 0 Å². The van der Waals surface area contributed by atoms with E-state index in [4.69, 9.17) is 4.98 Å². The Kier molecular flexibility index (Phi) is 5.07. The monoisotopic (exact) mass is 370 g/mol. The zero-order valence-electron chi connectivity index (χ0n) is 15.6. The largest absolute Gasteiger partial charge is 0.396 e. The smallest absolute Gasteiger partial charge is 0.270 e. The van der Waals surface area contributed by atoms with Crippen molar-refractivity contribution >= 4 is 11.9 Å². The van der Waals surface area contributed by atoms with Gasteiger partial charge in [0.1, 0.15) is 5.69 Å². The molecule has 8 heteroatoms. The number of aromatic nitrogens is 4. The number of rotatable bonds is 4. The summed E-state index contributed by atoms with van der Waals surface area (Å²) in [4.78, 5) is 24.1. The van der Waals surface area contributed by atoms with Gasteiger partial charge in [0.25, 0.3) is 5.91 Å². The number of carbonyl (C=O) groups excluding carboxylic acids is 1. The number of hydrogen-bond donors (Lipinski definition) is 2. The van der Waals surface area contributed by atoms with Gasteiger partial charge in [-0.3, -0.25) is 9.48 Å². The van der Waals surface area contributed by atoms with Crippen molar-refractivity contribution in [3.05, 3.63) is 35.4 Å². The number of aryl methyl sites for hydroxylation is 2. The number of amides is 1. The summed E-state index contributed by atoms with van der Waals surface area (Å²) in [5.74, 6) is 1.04. The molecule has 1 saturated heterocycles. The minimum absolute atomic E-state index is 0.0645. The second-order valence-corrected chi connectivity index (χ2v) is 7.44. The number of aliphatic hydroxyl groups is 1. The number of fused-ring (bicyclic) bond motifs is 1. The molecule has 0 spiro atoms. The van der Waals surface area contributed by atoms with E-state index in [1.807, 2.05) is 6.20 Å². The van der Waals surface area contributed by atoms with Crippen LogP contribution in [-0.4, -0.2) is 50.5 Å². The van der Waals surface area contributed by atoms with Gasteiger partial charge in [-0.05, 0) is 44.1 Å². The molecule has 2 N–H and O–H groups in total. The van der Waals surface area contributed by atoms with Crippen LogP contribution in [0.4, 0.5) is 5.95 Å². The third kappa shape index (κ3) is 3.66. The Balaban J connectivity index is 1.49. The topological polar surface area (TPSA) is 96.2 Å². The highest BCUT2D eigenvalue weighted by Gasteiger charge is 2.27. The molecule has 4 rings (SSSR count). The van der Waals surface area contributed by atoms with Gasteiger partial charge in [-0.1, -0.05) is 0 Å². The molecule has 1 fully saturated rings. The van der Waals surface area contributed by atoms with Crippen LogP contribution in [0, 0.1) is 5.92 Å². The summed E-state index contributed by atoms with van der Waals surface area (Å²) < 4.78 is 1.58. The van der Waals surface area contributed by atoms with Crippen LogP contribution in [-0.2, 0) is 13.5 Å². The standard InChI is InChI=1S/C19H26N6O2/c1-24-17(5-8-21-24)18(27)22-15-3-2-4-16-14(15)11-20-19(23-16)25-9-6-13(12-26)7-10-25/h5,8,11,13,15,26H,2-4,6-7,9-10,12H2,1H3,(H,22,27)/t15-/m0/s1. The maximum atomic E-state index is 12.5. The fraction of sp³-hybridized carbons (Fsp3) is 0.579. The van der Waals surface area contributed by atoms with Crippen molar-refractivity contribution in [2.45, 2.75) is 38.1 Å². The van der Waals surface area contributed by atoms with Gasteiger partial charge in [-0.25, -0.2) is 9.97 Å². The zero-order valence-corrected chi connectivity index (χ0v) is 15.6. The van der Waals surface area contributed by atoms with Crippen LogP contribution in [0.3, 0.4) is 0 Å². The molecule has 0 bridgehead atoms. The van der Waals surface area contributed by atoms with Crippen LogP contribution in [0.1, 0.15) is 53.5 Å². The average molecular weight is 370 g/mol. The third-order valence-electron chi connectivity index (χ3n) is 5.68. The third-order valence-corrected chi connectivity index (χ3v) is 5.68. The molecule has 27 heavy (non-hydrogen) atoms. The number of nitrogens with zero attached hydrogens (tertiary/aromatic N) is 5. The van der Waals surface area contributed by atoms with Crippen molar-refractivity contribution < 1.29 is 9.90 Å². The highest BCUT2D eigenvalue weighted by Crippen LogP contribution is 2.30. The van der Waals surface area contributed by atoms with Crippen molar-refractivity contribution in [1.82, 2.24) is 25.1 Å². The summed E-state index contributed by atoms with van der Waals surface area (Å²) in [6.45, 7) is 2.02. The first-order valence-electron chi connectivity index (χ1n) is 9.66. The maximum Gasteiger partial charge on any atom is 0.270 e. The van der Waals surface area contributed by atoms with Crippen LogP contribution in [0.25, 0.3) is 0 Å². The van der Waals surface area contributed by atoms with E-state index in [9.17, 15) is 9.90 Å². The van der Waals surface area contributed by atoms with E-state index >= 15 is 0 Å². The van der Waals surface area contributed by atoms with E-state index < -0.39 is 0 Å². The van der Waals surface area contributed by atoms with Gasteiger partial charge < -0.3 is 15.3 Å². The molecule has 8 nitrogen and oxygen atoms in total. The highest BCUT2D eigenvalue weighted by atomic mass is 16.3. The van der Waals surface area contributed by atoms with E-state index in [2.05, 4.69) is 20.3 Å². The lowest BCUT2D eigenvalue weighted by Crippen LogP contribution is -2.37. The molecule has 3 heterocycles. The number of hydrogen-bond acceptors (Lipinski definition) is 6. The molecular weight excluding hydrogens is 344 g/mol. The number of carbonyl (C=O) groups is 1. The fourth-order valence-corrected chi connectivity index (χ4v) is 3.98. The molecule has 1 aliphatic heterocycles. The molecule has 1 amide bonds. The first-order valence-corrected chi connectivity index (χ1v) is 9.66. The molecule has 144 valence electrons. The molecule has 0 unspecified atom stereocenters. The van der Waals surface area contributed by atoms with Crippen molar-refractivity contribution in [2.24, 2.45) is 13.0 Å². The van der Waals surface area contributed by atoms with Gasteiger partial charge in [0.05, 0.1) is 11.7 Å². The molecular formula is C19H26N6O2. The molecule has 0 radical (unpaired) electrons. The van der Waals surface area contributed by atoms with Gasteiger partial charge in [-0.2, -0.15) is 5.10 Å². The van der Waals surface area contributed by atoms with Crippen LogP contribution in [0.15, 0.2) is 18.5 Å². The summed E-state index contributed by atoms with van der Waals surface area (Å²) in [5.41, 5.74) is 2.60. The predicted octanol–water partition coefficient (Wildman–Crippen LogP) is 1.23. The Morgan fingerprint density at radius 3 is 2.85 bits per heavy atom. The van der Waals surface area contributed by atoms with Crippen LogP contribution in [0.5, 0.6) is 0 Å². The Morgan fingerprint density at radius 2 is 2.15 bits per heavy atom. The Hall–Kier alpha value is -2.48. The second kappa shape index (κ2) is 7.64. The maximum absolute atomic E-state index is 12.5. The Labute approximate surface area is 158 Å². The molecule has 2 aromatic rings. The molecule has 1 aliphatic carbocycles. The lowest BCUT2D eigenvalue weighted by molar-refractivity contribution is 0.0923. The van der Waals surface area contributed by atoms with Crippen molar-refractivity contribution in [2.75, 3.05) is 24.6 Å². The normalized spacial score (nSPS) is 20.4. The van der Waals surface area contributed by atoms with E-state index in [0.29, 0.717) is 11.6 Å². The van der Waals surface area contributed by atoms with Crippen molar-refractivity contribution in [3.63, 3.8) is 0 Å². The van der Waals surface area contributed by atoms with Crippen LogP contribution in [0.2, 0.25) is 0 Å². The van der Waals surface area contributed by atoms with Crippen LogP contribution >= 0.6 is 0 Å². The van der Waals surface area contributed by atoms with Crippen molar-refractivity contribution in [3.8, 4) is 0 Å². The van der Waals surface area contributed by atoms with Crippen LogP contribution < -0.4 is 10.2 Å². The zero-order chi connectivity index (χ0) is 18.8.